The second kappa shape index (κ2) is 6.04. The largest absolute Gasteiger partial charge is 0.394 e. The lowest BCUT2D eigenvalue weighted by atomic mass is 10.1. The molecule has 0 radical (unpaired) electrons. The molecule has 19 heavy (non-hydrogen) atoms. The SMILES string of the molecule is O=C(NNC1OC(CO)C(O)C1O)c1cccnc1. The monoisotopic (exact) mass is 269 g/mol. The zero-order valence-electron chi connectivity index (χ0n) is 9.93. The lowest BCUT2D eigenvalue weighted by Gasteiger charge is -2.16. The molecule has 1 saturated heterocycles. The Balaban J connectivity index is 1.88. The molecule has 0 aromatic carbocycles. The van der Waals surface area contributed by atoms with Crippen LogP contribution in [0.2, 0.25) is 0 Å². The topological polar surface area (TPSA) is 124 Å². The summed E-state index contributed by atoms with van der Waals surface area (Å²) in [6, 6.07) is 3.18. The molecule has 5 N–H and O–H groups in total. The van der Waals surface area contributed by atoms with Crippen molar-refractivity contribution in [3.05, 3.63) is 30.1 Å². The number of amides is 1. The first-order chi connectivity index (χ1) is 9.13. The molecule has 1 aromatic rings. The Morgan fingerprint density at radius 1 is 1.42 bits per heavy atom. The van der Waals surface area contributed by atoms with E-state index in [9.17, 15) is 15.0 Å². The number of nitrogens with one attached hydrogen (secondary N) is 2. The summed E-state index contributed by atoms with van der Waals surface area (Å²) in [6.45, 7) is -0.424. The fourth-order valence-electron chi connectivity index (χ4n) is 1.72. The molecule has 4 unspecified atom stereocenters. The summed E-state index contributed by atoms with van der Waals surface area (Å²) in [5.41, 5.74) is 5.12. The first-order valence-corrected chi connectivity index (χ1v) is 5.72. The van der Waals surface area contributed by atoms with Crippen LogP contribution in [0, 0.1) is 0 Å². The normalized spacial score (nSPS) is 30.3. The summed E-state index contributed by atoms with van der Waals surface area (Å²) in [4.78, 5) is 15.5. The highest BCUT2D eigenvalue weighted by atomic mass is 16.6. The van der Waals surface area contributed by atoms with Crippen molar-refractivity contribution in [1.82, 2.24) is 15.8 Å². The molecule has 4 atom stereocenters. The summed E-state index contributed by atoms with van der Waals surface area (Å²) in [5, 5.41) is 28.1. The number of hydrogen-bond acceptors (Lipinski definition) is 7. The number of hydrazine groups is 1. The molecular formula is C11H15N3O5. The smallest absolute Gasteiger partial charge is 0.267 e. The van der Waals surface area contributed by atoms with Gasteiger partial charge in [0.1, 0.15) is 18.3 Å². The number of nitrogens with zero attached hydrogens (tertiary/aromatic N) is 1. The van der Waals surface area contributed by atoms with E-state index in [-0.39, 0.29) is 0 Å². The quantitative estimate of drug-likeness (QED) is 0.391. The number of aliphatic hydroxyl groups is 3. The van der Waals surface area contributed by atoms with Gasteiger partial charge in [0.2, 0.25) is 0 Å². The first-order valence-electron chi connectivity index (χ1n) is 5.72. The average Bonchev–Trinajstić information content (AvgIpc) is 2.73. The second-order valence-electron chi connectivity index (χ2n) is 4.10. The van der Waals surface area contributed by atoms with E-state index in [4.69, 9.17) is 9.84 Å². The van der Waals surface area contributed by atoms with Crippen LogP contribution in [0.25, 0.3) is 0 Å². The Bertz CT molecular complexity index is 430. The van der Waals surface area contributed by atoms with Gasteiger partial charge in [-0.3, -0.25) is 15.2 Å². The maximum Gasteiger partial charge on any atom is 0.267 e. The van der Waals surface area contributed by atoms with Crippen molar-refractivity contribution in [3.63, 3.8) is 0 Å². The van der Waals surface area contributed by atoms with E-state index >= 15 is 0 Å². The van der Waals surface area contributed by atoms with Gasteiger partial charge in [0, 0.05) is 12.4 Å². The molecule has 2 rings (SSSR count). The van der Waals surface area contributed by atoms with Crippen LogP contribution in [0.1, 0.15) is 10.4 Å². The molecule has 1 aliphatic heterocycles. The van der Waals surface area contributed by atoms with Gasteiger partial charge in [-0.1, -0.05) is 0 Å². The van der Waals surface area contributed by atoms with Crippen LogP contribution >= 0.6 is 0 Å². The fraction of sp³-hybridized carbons (Fsp3) is 0.455. The molecule has 1 aliphatic rings. The number of ether oxygens (including phenoxy) is 1. The van der Waals surface area contributed by atoms with Crippen molar-refractivity contribution in [1.29, 1.82) is 0 Å². The Kier molecular flexibility index (Phi) is 4.40. The number of carbonyl (C=O) groups is 1. The molecule has 104 valence electrons. The molecule has 1 amide bonds. The Morgan fingerprint density at radius 3 is 2.79 bits per heavy atom. The molecule has 0 spiro atoms. The molecule has 0 saturated carbocycles. The number of aliphatic hydroxyl groups excluding tert-OH is 3. The fourth-order valence-corrected chi connectivity index (χ4v) is 1.72. The van der Waals surface area contributed by atoms with Gasteiger partial charge in [0.15, 0.2) is 6.23 Å². The maximum atomic E-state index is 11.7. The van der Waals surface area contributed by atoms with Crippen molar-refractivity contribution in [2.24, 2.45) is 0 Å². The van der Waals surface area contributed by atoms with Gasteiger partial charge >= 0.3 is 0 Å². The van der Waals surface area contributed by atoms with Gasteiger partial charge in [-0.25, -0.2) is 5.43 Å². The Labute approximate surface area is 109 Å². The third-order valence-corrected chi connectivity index (χ3v) is 2.79. The first kappa shape index (κ1) is 13.8. The van der Waals surface area contributed by atoms with E-state index < -0.39 is 37.1 Å². The molecule has 8 heteroatoms. The van der Waals surface area contributed by atoms with E-state index in [2.05, 4.69) is 15.8 Å². The summed E-state index contributed by atoms with van der Waals surface area (Å²) in [6.07, 6.45) is -1.41. The van der Waals surface area contributed by atoms with Crippen molar-refractivity contribution in [3.8, 4) is 0 Å². The van der Waals surface area contributed by atoms with E-state index in [1.807, 2.05) is 0 Å². The van der Waals surface area contributed by atoms with Crippen LogP contribution in [-0.2, 0) is 4.74 Å². The molecule has 8 nitrogen and oxygen atoms in total. The van der Waals surface area contributed by atoms with E-state index in [0.717, 1.165) is 0 Å². The standard InChI is InChI=1S/C11H15N3O5/c15-5-7-8(16)9(17)11(19-7)14-13-10(18)6-2-1-3-12-4-6/h1-4,7-9,11,14-17H,5H2,(H,13,18). The van der Waals surface area contributed by atoms with Crippen LogP contribution in [-0.4, -0.2) is 57.4 Å². The molecule has 0 bridgehead atoms. The minimum Gasteiger partial charge on any atom is -0.394 e. The summed E-state index contributed by atoms with van der Waals surface area (Å²) < 4.78 is 5.13. The molecule has 2 heterocycles. The van der Waals surface area contributed by atoms with Gasteiger partial charge in [0.25, 0.3) is 5.91 Å². The van der Waals surface area contributed by atoms with Crippen LogP contribution < -0.4 is 10.9 Å². The summed E-state index contributed by atoms with van der Waals surface area (Å²) in [7, 11) is 0. The van der Waals surface area contributed by atoms with E-state index in [1.54, 1.807) is 12.1 Å². The lowest BCUT2D eigenvalue weighted by Crippen LogP contribution is -2.49. The average molecular weight is 269 g/mol. The van der Waals surface area contributed by atoms with Crippen LogP contribution in [0.5, 0.6) is 0 Å². The predicted octanol–water partition coefficient (Wildman–Crippen LogP) is -2.24. The lowest BCUT2D eigenvalue weighted by molar-refractivity contribution is -0.0375. The molecule has 1 aromatic heterocycles. The molecular weight excluding hydrogens is 254 g/mol. The highest BCUT2D eigenvalue weighted by molar-refractivity contribution is 5.93. The summed E-state index contributed by atoms with van der Waals surface area (Å²) >= 11 is 0. The number of carbonyl (C=O) groups excluding carboxylic acids is 1. The summed E-state index contributed by atoms with van der Waals surface area (Å²) in [5.74, 6) is -0.453. The van der Waals surface area contributed by atoms with Crippen molar-refractivity contribution >= 4 is 5.91 Å². The highest BCUT2D eigenvalue weighted by Crippen LogP contribution is 2.18. The van der Waals surface area contributed by atoms with E-state index in [1.165, 1.54) is 12.4 Å². The van der Waals surface area contributed by atoms with Crippen molar-refractivity contribution in [2.45, 2.75) is 24.5 Å². The van der Waals surface area contributed by atoms with Gasteiger partial charge < -0.3 is 20.1 Å². The van der Waals surface area contributed by atoms with Crippen molar-refractivity contribution in [2.75, 3.05) is 6.61 Å². The van der Waals surface area contributed by atoms with Crippen LogP contribution in [0.3, 0.4) is 0 Å². The van der Waals surface area contributed by atoms with Gasteiger partial charge in [-0.05, 0) is 12.1 Å². The van der Waals surface area contributed by atoms with Gasteiger partial charge in [-0.2, -0.15) is 0 Å². The third-order valence-electron chi connectivity index (χ3n) is 2.79. The zero-order valence-corrected chi connectivity index (χ0v) is 9.93. The third kappa shape index (κ3) is 3.06. The number of pyridine rings is 1. The minimum atomic E-state index is -1.24. The van der Waals surface area contributed by atoms with Gasteiger partial charge in [0.05, 0.1) is 12.2 Å². The number of aromatic nitrogens is 1. The maximum absolute atomic E-state index is 11.7. The number of rotatable bonds is 4. The molecule has 0 aliphatic carbocycles. The predicted molar refractivity (Wildman–Crippen MR) is 62.6 cm³/mol. The molecule has 1 fully saturated rings. The highest BCUT2D eigenvalue weighted by Gasteiger charge is 2.42. The van der Waals surface area contributed by atoms with Crippen molar-refractivity contribution < 1.29 is 24.9 Å². The minimum absolute atomic E-state index is 0.335. The van der Waals surface area contributed by atoms with Crippen LogP contribution in [0.15, 0.2) is 24.5 Å². The number of hydrogen-bond donors (Lipinski definition) is 5. The Hall–Kier alpha value is -1.58. The Morgan fingerprint density at radius 2 is 2.21 bits per heavy atom. The van der Waals surface area contributed by atoms with Crippen LogP contribution in [0.4, 0.5) is 0 Å². The van der Waals surface area contributed by atoms with Gasteiger partial charge in [-0.15, -0.1) is 0 Å². The zero-order chi connectivity index (χ0) is 13.8. The van der Waals surface area contributed by atoms with E-state index in [0.29, 0.717) is 5.56 Å². The second-order valence-corrected chi connectivity index (χ2v) is 4.10.